The lowest BCUT2D eigenvalue weighted by Gasteiger charge is -2.25. The maximum Gasteiger partial charge on any atom is 0.330 e. The molecular formula is C23H30N4O6. The van der Waals surface area contributed by atoms with Crippen LogP contribution in [0.3, 0.4) is 0 Å². The van der Waals surface area contributed by atoms with Gasteiger partial charge in [-0.25, -0.2) is 4.79 Å². The second-order valence-electron chi connectivity index (χ2n) is 8.05. The van der Waals surface area contributed by atoms with Crippen molar-refractivity contribution >= 4 is 23.4 Å². The molecule has 1 amide bonds. The molecule has 0 atom stereocenters. The number of hydrogen-bond acceptors (Lipinski definition) is 7. The van der Waals surface area contributed by atoms with Gasteiger partial charge in [0.2, 0.25) is 0 Å². The van der Waals surface area contributed by atoms with E-state index in [9.17, 15) is 19.2 Å². The fraction of sp³-hybridized carbons (Fsp3) is 0.478. The Bertz CT molecular complexity index is 1070. The van der Waals surface area contributed by atoms with Gasteiger partial charge in [0, 0.05) is 13.7 Å². The van der Waals surface area contributed by atoms with Gasteiger partial charge in [-0.2, -0.15) is 0 Å². The first-order valence-corrected chi connectivity index (χ1v) is 11.0. The molecule has 3 rings (SSSR count). The van der Waals surface area contributed by atoms with E-state index in [0.717, 1.165) is 42.6 Å². The third-order valence-electron chi connectivity index (χ3n) is 5.76. The molecule has 178 valence electrons. The number of methoxy groups -OCH3 is 1. The first-order chi connectivity index (χ1) is 15.9. The van der Waals surface area contributed by atoms with Crippen LogP contribution in [0.5, 0.6) is 0 Å². The zero-order valence-electron chi connectivity index (χ0n) is 18.7. The smallest absolute Gasteiger partial charge is 0.330 e. The van der Waals surface area contributed by atoms with Crippen molar-refractivity contribution < 1.29 is 19.1 Å². The summed E-state index contributed by atoms with van der Waals surface area (Å²) in [6.07, 6.45) is 4.51. The highest BCUT2D eigenvalue weighted by molar-refractivity contribution is 5.97. The summed E-state index contributed by atoms with van der Waals surface area (Å²) in [5.74, 6) is -1.40. The number of rotatable bonds is 9. The van der Waals surface area contributed by atoms with E-state index in [-0.39, 0.29) is 37.1 Å². The molecule has 0 unspecified atom stereocenters. The number of nitrogens with two attached hydrogens (primary N) is 1. The normalized spacial score (nSPS) is 14.1. The minimum absolute atomic E-state index is 0.00681. The van der Waals surface area contributed by atoms with Crippen molar-refractivity contribution in [3.8, 4) is 0 Å². The molecule has 10 nitrogen and oxygen atoms in total. The van der Waals surface area contributed by atoms with Crippen LogP contribution in [-0.4, -0.2) is 48.3 Å². The highest BCUT2D eigenvalue weighted by atomic mass is 16.5. The Labute approximate surface area is 191 Å². The summed E-state index contributed by atoms with van der Waals surface area (Å²) in [5.41, 5.74) is 5.34. The molecule has 0 aliphatic heterocycles. The predicted molar refractivity (Wildman–Crippen MR) is 123 cm³/mol. The van der Waals surface area contributed by atoms with E-state index in [2.05, 4.69) is 4.98 Å². The van der Waals surface area contributed by atoms with Crippen molar-refractivity contribution in [1.82, 2.24) is 9.55 Å². The van der Waals surface area contributed by atoms with Crippen molar-refractivity contribution in [3.05, 3.63) is 56.7 Å². The molecule has 1 aliphatic carbocycles. The Balaban J connectivity index is 1.85. The molecular weight excluding hydrogens is 428 g/mol. The van der Waals surface area contributed by atoms with Gasteiger partial charge < -0.3 is 15.2 Å². The van der Waals surface area contributed by atoms with Crippen molar-refractivity contribution in [2.75, 3.05) is 37.5 Å². The van der Waals surface area contributed by atoms with E-state index >= 15 is 0 Å². The Hall–Kier alpha value is -3.40. The van der Waals surface area contributed by atoms with Crippen molar-refractivity contribution in [2.45, 2.75) is 38.6 Å². The number of H-pyrrole nitrogens is 1. The standard InChI is InChI=1S/C23H30N4O6/c1-32-13-12-26(18(28)15-33-22(30)17-10-6-3-7-11-17)19-20(24)27(23(31)25-21(19)29)14-16-8-4-2-5-9-16/h2,4-5,8-9,17H,3,6-7,10-15,24H2,1H3,(H,25,29,31). The second kappa shape index (κ2) is 11.5. The number of amides is 1. The van der Waals surface area contributed by atoms with E-state index < -0.39 is 29.7 Å². The van der Waals surface area contributed by atoms with Crippen LogP contribution in [0.25, 0.3) is 0 Å². The molecule has 0 saturated heterocycles. The first-order valence-electron chi connectivity index (χ1n) is 11.0. The van der Waals surface area contributed by atoms with Gasteiger partial charge in [0.15, 0.2) is 12.3 Å². The zero-order chi connectivity index (χ0) is 23.8. The number of aromatic amines is 1. The maximum absolute atomic E-state index is 13.0. The summed E-state index contributed by atoms with van der Waals surface area (Å²) in [7, 11) is 1.45. The molecule has 1 saturated carbocycles. The molecule has 0 bridgehead atoms. The summed E-state index contributed by atoms with van der Waals surface area (Å²) in [4.78, 5) is 53.8. The number of carbonyl (C=O) groups excluding carboxylic acids is 2. The fourth-order valence-electron chi connectivity index (χ4n) is 3.97. The molecule has 0 spiro atoms. The van der Waals surface area contributed by atoms with Crippen LogP contribution < -0.4 is 21.9 Å². The molecule has 0 radical (unpaired) electrons. The molecule has 10 heteroatoms. The Morgan fingerprint density at radius 2 is 1.85 bits per heavy atom. The fourth-order valence-corrected chi connectivity index (χ4v) is 3.97. The number of aromatic nitrogens is 2. The van der Waals surface area contributed by atoms with Gasteiger partial charge in [-0.15, -0.1) is 0 Å². The largest absolute Gasteiger partial charge is 0.455 e. The monoisotopic (exact) mass is 458 g/mol. The number of ether oxygens (including phenoxy) is 2. The zero-order valence-corrected chi connectivity index (χ0v) is 18.7. The lowest BCUT2D eigenvalue weighted by atomic mass is 9.89. The van der Waals surface area contributed by atoms with Gasteiger partial charge in [0.05, 0.1) is 19.1 Å². The lowest BCUT2D eigenvalue weighted by Crippen LogP contribution is -2.44. The van der Waals surface area contributed by atoms with E-state index in [4.69, 9.17) is 15.2 Å². The number of nitrogens with one attached hydrogen (secondary N) is 1. The van der Waals surface area contributed by atoms with Crippen LogP contribution in [0.1, 0.15) is 37.7 Å². The molecule has 1 aromatic carbocycles. The molecule has 2 aromatic rings. The van der Waals surface area contributed by atoms with Crippen molar-refractivity contribution in [2.24, 2.45) is 5.92 Å². The molecule has 1 aromatic heterocycles. The van der Waals surface area contributed by atoms with E-state index in [1.807, 2.05) is 30.3 Å². The number of nitrogen functional groups attached to an aromatic ring is 1. The SMILES string of the molecule is COCCN(C(=O)COC(=O)C1CCCCC1)c1c(N)n(Cc2ccccc2)c(=O)[nH]c1=O. The van der Waals surface area contributed by atoms with Gasteiger partial charge in [0.1, 0.15) is 5.82 Å². The van der Waals surface area contributed by atoms with Crippen LogP contribution >= 0.6 is 0 Å². The van der Waals surface area contributed by atoms with Crippen LogP contribution in [0.15, 0.2) is 39.9 Å². The summed E-state index contributed by atoms with van der Waals surface area (Å²) in [6, 6.07) is 9.11. The van der Waals surface area contributed by atoms with Gasteiger partial charge in [-0.1, -0.05) is 49.6 Å². The minimum Gasteiger partial charge on any atom is -0.455 e. The topological polar surface area (TPSA) is 137 Å². The summed E-state index contributed by atoms with van der Waals surface area (Å²) < 4.78 is 11.5. The molecule has 1 heterocycles. The Morgan fingerprint density at radius 3 is 2.52 bits per heavy atom. The highest BCUT2D eigenvalue weighted by Crippen LogP contribution is 2.25. The summed E-state index contributed by atoms with van der Waals surface area (Å²) >= 11 is 0. The number of esters is 1. The number of nitrogens with zero attached hydrogens (tertiary/aromatic N) is 2. The third-order valence-corrected chi connectivity index (χ3v) is 5.76. The highest BCUT2D eigenvalue weighted by Gasteiger charge is 2.27. The van der Waals surface area contributed by atoms with Gasteiger partial charge in [-0.05, 0) is 18.4 Å². The van der Waals surface area contributed by atoms with Gasteiger partial charge >= 0.3 is 11.7 Å². The number of benzene rings is 1. The number of hydrogen-bond donors (Lipinski definition) is 2. The molecule has 3 N–H and O–H groups in total. The predicted octanol–water partition coefficient (Wildman–Crippen LogP) is 1.27. The average Bonchev–Trinajstić information content (AvgIpc) is 2.83. The number of carbonyl (C=O) groups is 2. The van der Waals surface area contributed by atoms with Crippen molar-refractivity contribution in [3.63, 3.8) is 0 Å². The van der Waals surface area contributed by atoms with Crippen molar-refractivity contribution in [1.29, 1.82) is 0 Å². The molecule has 1 fully saturated rings. The third kappa shape index (κ3) is 6.10. The van der Waals surface area contributed by atoms with Crippen LogP contribution in [0, 0.1) is 5.92 Å². The maximum atomic E-state index is 13.0. The van der Waals surface area contributed by atoms with E-state index in [1.165, 1.54) is 11.7 Å². The van der Waals surface area contributed by atoms with E-state index in [1.54, 1.807) is 0 Å². The summed E-state index contributed by atoms with van der Waals surface area (Å²) in [6.45, 7) is -0.319. The van der Waals surface area contributed by atoms with E-state index in [0.29, 0.717) is 0 Å². The molecule has 33 heavy (non-hydrogen) atoms. The van der Waals surface area contributed by atoms with Crippen LogP contribution in [0.2, 0.25) is 0 Å². The average molecular weight is 459 g/mol. The molecule has 1 aliphatic rings. The Kier molecular flexibility index (Phi) is 8.42. The first kappa shape index (κ1) is 24.2. The quantitative estimate of drug-likeness (QED) is 0.540. The second-order valence-corrected chi connectivity index (χ2v) is 8.05. The number of anilines is 2. The van der Waals surface area contributed by atoms with Gasteiger partial charge in [0.25, 0.3) is 11.5 Å². The summed E-state index contributed by atoms with van der Waals surface area (Å²) in [5, 5.41) is 0. The van der Waals surface area contributed by atoms with Crippen LogP contribution in [-0.2, 0) is 25.6 Å². The minimum atomic E-state index is -0.801. The Morgan fingerprint density at radius 1 is 1.15 bits per heavy atom. The van der Waals surface area contributed by atoms with Gasteiger partial charge in [-0.3, -0.25) is 28.8 Å². The lowest BCUT2D eigenvalue weighted by molar-refractivity contribution is -0.153. The van der Waals surface area contributed by atoms with Crippen LogP contribution in [0.4, 0.5) is 11.5 Å².